The summed E-state index contributed by atoms with van der Waals surface area (Å²) in [7, 11) is 0. The predicted octanol–water partition coefficient (Wildman–Crippen LogP) is 3.80. The number of anilines is 1. The number of carbonyl (C=O) groups is 1. The molecule has 2 aromatic heterocycles. The van der Waals surface area contributed by atoms with Crippen LogP contribution in [0.15, 0.2) is 79.3 Å². The van der Waals surface area contributed by atoms with Gasteiger partial charge in [0, 0.05) is 29.8 Å². The fourth-order valence-electron chi connectivity index (χ4n) is 2.73. The van der Waals surface area contributed by atoms with Gasteiger partial charge in [-0.3, -0.25) is 9.20 Å². The van der Waals surface area contributed by atoms with Gasteiger partial charge in [0.25, 0.3) is 5.91 Å². The van der Waals surface area contributed by atoms with Gasteiger partial charge in [-0.05, 0) is 37.3 Å². The standard InChI is InChI=1S/C21H18N4O2/c1-15(27-18-9-3-2-4-10-18)20(26)23-17-8-5-7-16(13-17)19-14-25-12-6-11-22-21(25)24-19/h2-15H,1H3,(H,23,26)/t15-/m0/s1. The number of amides is 1. The predicted molar refractivity (Wildman–Crippen MR) is 104 cm³/mol. The molecule has 4 aromatic rings. The summed E-state index contributed by atoms with van der Waals surface area (Å²) in [6.07, 6.45) is 4.89. The highest BCUT2D eigenvalue weighted by Crippen LogP contribution is 2.22. The van der Waals surface area contributed by atoms with Crippen LogP contribution in [0.3, 0.4) is 0 Å². The van der Waals surface area contributed by atoms with Gasteiger partial charge >= 0.3 is 0 Å². The molecule has 1 amide bonds. The van der Waals surface area contributed by atoms with E-state index in [0.29, 0.717) is 17.2 Å². The van der Waals surface area contributed by atoms with Crippen LogP contribution in [-0.2, 0) is 4.79 Å². The second-order valence-electron chi connectivity index (χ2n) is 6.10. The molecule has 134 valence electrons. The molecule has 6 heteroatoms. The molecule has 0 saturated carbocycles. The average Bonchev–Trinajstić information content (AvgIpc) is 3.13. The second kappa shape index (κ2) is 7.29. The van der Waals surface area contributed by atoms with Crippen LogP contribution < -0.4 is 10.1 Å². The van der Waals surface area contributed by atoms with Crippen LogP contribution in [0, 0.1) is 0 Å². The van der Waals surface area contributed by atoms with E-state index in [1.54, 1.807) is 13.1 Å². The minimum Gasteiger partial charge on any atom is -0.481 e. The van der Waals surface area contributed by atoms with E-state index in [-0.39, 0.29) is 5.91 Å². The van der Waals surface area contributed by atoms with Gasteiger partial charge in [0.05, 0.1) is 5.69 Å². The molecular formula is C21H18N4O2. The fraction of sp³-hybridized carbons (Fsp3) is 0.0952. The van der Waals surface area contributed by atoms with E-state index in [9.17, 15) is 4.79 Å². The number of rotatable bonds is 5. The topological polar surface area (TPSA) is 68.5 Å². The van der Waals surface area contributed by atoms with E-state index in [4.69, 9.17) is 4.74 Å². The number of benzene rings is 2. The first-order valence-corrected chi connectivity index (χ1v) is 8.62. The monoisotopic (exact) mass is 358 g/mol. The third-order valence-corrected chi connectivity index (χ3v) is 4.09. The van der Waals surface area contributed by atoms with Gasteiger partial charge < -0.3 is 10.1 Å². The summed E-state index contributed by atoms with van der Waals surface area (Å²) in [6.45, 7) is 1.72. The summed E-state index contributed by atoms with van der Waals surface area (Å²) in [5.74, 6) is 1.07. The number of hydrogen-bond acceptors (Lipinski definition) is 4. The Morgan fingerprint density at radius 1 is 1.11 bits per heavy atom. The van der Waals surface area contributed by atoms with E-state index in [0.717, 1.165) is 11.3 Å². The molecule has 0 saturated heterocycles. The largest absolute Gasteiger partial charge is 0.481 e. The van der Waals surface area contributed by atoms with Gasteiger partial charge in [0.15, 0.2) is 6.10 Å². The maximum absolute atomic E-state index is 12.4. The maximum atomic E-state index is 12.4. The Bertz CT molecular complexity index is 1040. The molecule has 0 fully saturated rings. The molecule has 2 heterocycles. The minimum atomic E-state index is -0.615. The lowest BCUT2D eigenvalue weighted by molar-refractivity contribution is -0.122. The summed E-state index contributed by atoms with van der Waals surface area (Å²) in [6, 6.07) is 18.7. The second-order valence-corrected chi connectivity index (χ2v) is 6.10. The van der Waals surface area contributed by atoms with E-state index in [1.165, 1.54) is 0 Å². The van der Waals surface area contributed by atoms with E-state index in [1.807, 2.05) is 77.5 Å². The lowest BCUT2D eigenvalue weighted by Crippen LogP contribution is -2.30. The van der Waals surface area contributed by atoms with E-state index >= 15 is 0 Å². The van der Waals surface area contributed by atoms with E-state index in [2.05, 4.69) is 15.3 Å². The van der Waals surface area contributed by atoms with Gasteiger partial charge in [0.2, 0.25) is 5.78 Å². The van der Waals surface area contributed by atoms with Crippen LogP contribution in [0.5, 0.6) is 5.75 Å². The van der Waals surface area contributed by atoms with Gasteiger partial charge in [-0.2, -0.15) is 0 Å². The van der Waals surface area contributed by atoms with Gasteiger partial charge in [0.1, 0.15) is 5.75 Å². The molecule has 1 atom stereocenters. The summed E-state index contributed by atoms with van der Waals surface area (Å²) in [5, 5.41) is 2.89. The third-order valence-electron chi connectivity index (χ3n) is 4.09. The molecule has 0 aliphatic rings. The first-order valence-electron chi connectivity index (χ1n) is 8.62. The zero-order valence-corrected chi connectivity index (χ0v) is 14.7. The summed E-state index contributed by atoms with van der Waals surface area (Å²) < 4.78 is 7.52. The fourth-order valence-corrected chi connectivity index (χ4v) is 2.73. The van der Waals surface area contributed by atoms with Crippen molar-refractivity contribution in [2.75, 3.05) is 5.32 Å². The number of aromatic nitrogens is 3. The highest BCUT2D eigenvalue weighted by molar-refractivity contribution is 5.94. The van der Waals surface area contributed by atoms with Crippen LogP contribution in [0.4, 0.5) is 5.69 Å². The summed E-state index contributed by atoms with van der Waals surface area (Å²) >= 11 is 0. The van der Waals surface area contributed by atoms with Gasteiger partial charge in [-0.15, -0.1) is 0 Å². The minimum absolute atomic E-state index is 0.215. The zero-order chi connectivity index (χ0) is 18.6. The van der Waals surface area contributed by atoms with Crippen LogP contribution >= 0.6 is 0 Å². The molecule has 0 aliphatic heterocycles. The van der Waals surface area contributed by atoms with Crippen LogP contribution in [0.25, 0.3) is 17.0 Å². The average molecular weight is 358 g/mol. The molecular weight excluding hydrogens is 340 g/mol. The molecule has 0 spiro atoms. The maximum Gasteiger partial charge on any atom is 0.265 e. The highest BCUT2D eigenvalue weighted by Gasteiger charge is 2.15. The zero-order valence-electron chi connectivity index (χ0n) is 14.7. The van der Waals surface area contributed by atoms with Crippen LogP contribution in [-0.4, -0.2) is 26.4 Å². The van der Waals surface area contributed by atoms with Crippen molar-refractivity contribution < 1.29 is 9.53 Å². The van der Waals surface area contributed by atoms with Gasteiger partial charge in [-0.25, -0.2) is 9.97 Å². The van der Waals surface area contributed by atoms with Crippen molar-refractivity contribution in [3.63, 3.8) is 0 Å². The first-order chi connectivity index (χ1) is 13.2. The van der Waals surface area contributed by atoms with Crippen molar-refractivity contribution in [2.24, 2.45) is 0 Å². The van der Waals surface area contributed by atoms with Crippen molar-refractivity contribution in [3.05, 3.63) is 79.3 Å². The van der Waals surface area contributed by atoms with E-state index < -0.39 is 6.10 Å². The highest BCUT2D eigenvalue weighted by atomic mass is 16.5. The van der Waals surface area contributed by atoms with Crippen molar-refractivity contribution in [3.8, 4) is 17.0 Å². The van der Waals surface area contributed by atoms with Crippen molar-refractivity contribution in [1.29, 1.82) is 0 Å². The lowest BCUT2D eigenvalue weighted by atomic mass is 10.1. The number of hydrogen-bond donors (Lipinski definition) is 1. The molecule has 0 bridgehead atoms. The third kappa shape index (κ3) is 3.79. The molecule has 0 aliphatic carbocycles. The Labute approximate surface area is 156 Å². The molecule has 4 rings (SSSR count). The lowest BCUT2D eigenvalue weighted by Gasteiger charge is -2.15. The normalized spacial score (nSPS) is 11.9. The number of imidazole rings is 1. The van der Waals surface area contributed by atoms with Crippen LogP contribution in [0.1, 0.15) is 6.92 Å². The Morgan fingerprint density at radius 3 is 2.78 bits per heavy atom. The summed E-state index contributed by atoms with van der Waals surface area (Å²) in [4.78, 5) is 21.2. The van der Waals surface area contributed by atoms with Crippen molar-refractivity contribution >= 4 is 17.4 Å². The smallest absolute Gasteiger partial charge is 0.265 e. The Kier molecular flexibility index (Phi) is 4.53. The summed E-state index contributed by atoms with van der Waals surface area (Å²) in [5.41, 5.74) is 2.37. The van der Waals surface area contributed by atoms with Crippen molar-refractivity contribution in [1.82, 2.24) is 14.4 Å². The molecule has 0 radical (unpaired) electrons. The first kappa shape index (κ1) is 16.8. The number of nitrogens with one attached hydrogen (secondary N) is 1. The number of ether oxygens (including phenoxy) is 1. The number of nitrogens with zero attached hydrogens (tertiary/aromatic N) is 3. The van der Waals surface area contributed by atoms with Gasteiger partial charge in [-0.1, -0.05) is 30.3 Å². The Hall–Kier alpha value is -3.67. The molecule has 1 N–H and O–H groups in total. The SMILES string of the molecule is C[C@H](Oc1ccccc1)C(=O)Nc1cccc(-c2cn3cccnc3n2)c1. The molecule has 27 heavy (non-hydrogen) atoms. The van der Waals surface area contributed by atoms with Crippen molar-refractivity contribution in [2.45, 2.75) is 13.0 Å². The quantitative estimate of drug-likeness (QED) is 0.589. The molecule has 2 aromatic carbocycles. The van der Waals surface area contributed by atoms with Crippen LogP contribution in [0.2, 0.25) is 0 Å². The molecule has 0 unspecified atom stereocenters. The number of para-hydroxylation sites is 1. The number of fused-ring (bicyclic) bond motifs is 1. The Balaban J connectivity index is 1.49. The number of carbonyl (C=O) groups excluding carboxylic acids is 1. The Morgan fingerprint density at radius 2 is 1.96 bits per heavy atom. The molecule has 6 nitrogen and oxygen atoms in total.